The monoisotopic (exact) mass is 598 g/mol. The number of amides is 1. The van der Waals surface area contributed by atoms with Gasteiger partial charge in [-0.3, -0.25) is 9.59 Å². The fourth-order valence-electron chi connectivity index (χ4n) is 5.03. The number of rotatable bonds is 8. The second-order valence-corrected chi connectivity index (χ2v) is 10.6. The van der Waals surface area contributed by atoms with E-state index in [2.05, 4.69) is 10.3 Å². The second kappa shape index (κ2) is 12.1. The molecule has 0 radical (unpaired) electrons. The molecular weight excluding hydrogens is 569 g/mol. The molecule has 0 saturated carbocycles. The molecule has 0 spiro atoms. The zero-order chi connectivity index (χ0) is 31.6. The maximum atomic E-state index is 14.0. The molecule has 224 valence electrons. The number of aromatic amines is 1. The number of ether oxygens (including phenoxy) is 1. The number of benzene rings is 3. The predicted molar refractivity (Wildman–Crippen MR) is 162 cm³/mol. The van der Waals surface area contributed by atoms with E-state index in [-0.39, 0.29) is 18.1 Å². The number of carbonyl (C=O) groups excluding carboxylic acids is 1. The second-order valence-electron chi connectivity index (χ2n) is 10.6. The molecule has 2 N–H and O–H groups in total. The highest BCUT2D eigenvalue weighted by atomic mass is 19.4. The minimum atomic E-state index is -4.89. The van der Waals surface area contributed by atoms with Crippen LogP contribution in [0.4, 0.5) is 13.2 Å². The lowest BCUT2D eigenvalue weighted by atomic mass is 10.0. The molecule has 1 amide bonds. The Labute approximate surface area is 251 Å². The van der Waals surface area contributed by atoms with Gasteiger partial charge in [-0.2, -0.15) is 18.4 Å². The first-order chi connectivity index (χ1) is 21.0. The van der Waals surface area contributed by atoms with Crippen molar-refractivity contribution in [1.82, 2.24) is 14.9 Å². The van der Waals surface area contributed by atoms with Gasteiger partial charge in [-0.25, -0.2) is 0 Å². The average Bonchev–Trinajstić information content (AvgIpc) is 3.41. The van der Waals surface area contributed by atoms with Crippen LogP contribution in [0.2, 0.25) is 0 Å². The lowest BCUT2D eigenvalue weighted by Crippen LogP contribution is -2.29. The van der Waals surface area contributed by atoms with Crippen LogP contribution in [0.1, 0.15) is 51.7 Å². The van der Waals surface area contributed by atoms with Gasteiger partial charge in [0.05, 0.1) is 17.8 Å². The van der Waals surface area contributed by atoms with Crippen molar-refractivity contribution in [2.24, 2.45) is 0 Å². The molecule has 0 saturated heterocycles. The summed E-state index contributed by atoms with van der Waals surface area (Å²) in [6.45, 7) is 6.31. The highest BCUT2D eigenvalue weighted by Crippen LogP contribution is 2.35. The van der Waals surface area contributed by atoms with Gasteiger partial charge in [0, 0.05) is 17.4 Å². The Kier molecular flexibility index (Phi) is 8.32. The number of nitrogens with one attached hydrogen (secondary N) is 2. The molecule has 0 fully saturated rings. The van der Waals surface area contributed by atoms with Crippen LogP contribution in [0.25, 0.3) is 22.2 Å². The zero-order valence-corrected chi connectivity index (χ0v) is 24.3. The van der Waals surface area contributed by atoms with Gasteiger partial charge in [-0.15, -0.1) is 0 Å². The lowest BCUT2D eigenvalue weighted by molar-refractivity contribution is -0.137. The third-order valence-electron chi connectivity index (χ3n) is 7.30. The van der Waals surface area contributed by atoms with Crippen molar-refractivity contribution in [2.45, 2.75) is 39.9 Å². The van der Waals surface area contributed by atoms with Gasteiger partial charge >= 0.3 is 6.18 Å². The van der Waals surface area contributed by atoms with E-state index in [0.717, 1.165) is 40.1 Å². The van der Waals surface area contributed by atoms with Gasteiger partial charge in [-0.1, -0.05) is 30.7 Å². The van der Waals surface area contributed by atoms with Gasteiger partial charge in [0.1, 0.15) is 28.8 Å². The molecule has 2 aromatic heterocycles. The van der Waals surface area contributed by atoms with Crippen LogP contribution < -0.4 is 15.6 Å². The number of pyridine rings is 1. The number of hydrogen-bond donors (Lipinski definition) is 2. The first kappa shape index (κ1) is 30.2. The molecular formula is C34H29F3N4O3. The van der Waals surface area contributed by atoms with Crippen molar-refractivity contribution in [3.05, 3.63) is 117 Å². The van der Waals surface area contributed by atoms with Crippen LogP contribution in [0.3, 0.4) is 0 Å². The molecule has 0 aliphatic carbocycles. The highest BCUT2D eigenvalue weighted by Gasteiger charge is 2.36. The molecule has 5 aromatic rings. The Morgan fingerprint density at radius 2 is 1.73 bits per heavy atom. The van der Waals surface area contributed by atoms with E-state index in [0.29, 0.717) is 29.3 Å². The maximum Gasteiger partial charge on any atom is 0.417 e. The van der Waals surface area contributed by atoms with Crippen LogP contribution >= 0.6 is 0 Å². The van der Waals surface area contributed by atoms with Crippen molar-refractivity contribution in [2.75, 3.05) is 6.54 Å². The zero-order valence-electron chi connectivity index (χ0n) is 24.3. The largest absolute Gasteiger partial charge is 0.457 e. The van der Waals surface area contributed by atoms with Crippen LogP contribution in [0.15, 0.2) is 77.6 Å². The van der Waals surface area contributed by atoms with Gasteiger partial charge in [-0.05, 0) is 91.6 Å². The van der Waals surface area contributed by atoms with E-state index in [9.17, 15) is 28.0 Å². The van der Waals surface area contributed by atoms with Crippen molar-refractivity contribution in [3.63, 3.8) is 0 Å². The Bertz CT molecular complexity index is 1970. The van der Waals surface area contributed by atoms with Crippen molar-refractivity contribution < 1.29 is 22.7 Å². The number of nitrogens with zero attached hydrogens (tertiary/aromatic N) is 2. The van der Waals surface area contributed by atoms with Gasteiger partial charge < -0.3 is 19.6 Å². The smallest absolute Gasteiger partial charge is 0.417 e. The number of carbonyl (C=O) groups is 1. The van der Waals surface area contributed by atoms with Crippen molar-refractivity contribution >= 4 is 16.8 Å². The summed E-state index contributed by atoms with van der Waals surface area (Å²) < 4.78 is 49.1. The summed E-state index contributed by atoms with van der Waals surface area (Å²) in [5.74, 6) is 0.709. The molecule has 0 atom stereocenters. The average molecular weight is 599 g/mol. The molecule has 0 aliphatic heterocycles. The molecule has 3 aromatic carbocycles. The number of H-pyrrole nitrogens is 1. The lowest BCUT2D eigenvalue weighted by Gasteiger charge is -2.19. The van der Waals surface area contributed by atoms with E-state index in [1.807, 2.05) is 39.0 Å². The number of halogens is 3. The third-order valence-corrected chi connectivity index (χ3v) is 7.30. The number of nitriles is 1. The summed E-state index contributed by atoms with van der Waals surface area (Å²) >= 11 is 0. The Morgan fingerprint density at radius 1 is 1.00 bits per heavy atom. The van der Waals surface area contributed by atoms with Crippen LogP contribution in [0.5, 0.6) is 11.5 Å². The van der Waals surface area contributed by atoms with Gasteiger partial charge in [0.25, 0.3) is 11.5 Å². The highest BCUT2D eigenvalue weighted by molar-refractivity contribution is 5.98. The molecule has 2 heterocycles. The first-order valence-electron chi connectivity index (χ1n) is 14.0. The fourth-order valence-corrected chi connectivity index (χ4v) is 5.03. The van der Waals surface area contributed by atoms with Crippen LogP contribution in [-0.4, -0.2) is 22.0 Å². The first-order valence-corrected chi connectivity index (χ1v) is 14.0. The topological polar surface area (TPSA) is 99.9 Å². The molecule has 44 heavy (non-hydrogen) atoms. The molecule has 0 unspecified atom stereocenters. The number of hydrogen-bond acceptors (Lipinski definition) is 4. The molecule has 10 heteroatoms. The number of aromatic nitrogens is 2. The van der Waals surface area contributed by atoms with Gasteiger partial charge in [0.2, 0.25) is 0 Å². The fraction of sp³-hybridized carbons (Fsp3) is 0.206. The molecule has 0 aliphatic rings. The molecule has 0 bridgehead atoms. The summed E-state index contributed by atoms with van der Waals surface area (Å²) in [4.78, 5) is 28.7. The Hall–Kier alpha value is -5.30. The summed E-state index contributed by atoms with van der Waals surface area (Å²) in [5, 5.41) is 13.1. The predicted octanol–water partition coefficient (Wildman–Crippen LogP) is 7.48. The van der Waals surface area contributed by atoms with Crippen molar-refractivity contribution in [1.29, 1.82) is 5.26 Å². The SMILES string of the molecule is CCCNC(=O)c1cc2cc(Oc3ccc(-c4cc(C(F)(F)F)c(C#N)c(=O)n4Cc4ccc(C)cc4C)cc3)ccc2[nH]1. The quantitative estimate of drug-likeness (QED) is 0.193. The van der Waals surface area contributed by atoms with Crippen LogP contribution in [0, 0.1) is 25.2 Å². The normalized spacial score (nSPS) is 11.4. The van der Waals surface area contributed by atoms with Gasteiger partial charge in [0.15, 0.2) is 0 Å². The Balaban J connectivity index is 1.49. The van der Waals surface area contributed by atoms with Crippen molar-refractivity contribution in [3.8, 4) is 28.8 Å². The summed E-state index contributed by atoms with van der Waals surface area (Å²) in [7, 11) is 0. The minimum Gasteiger partial charge on any atom is -0.457 e. The molecule has 5 rings (SSSR count). The summed E-state index contributed by atoms with van der Waals surface area (Å²) in [6, 6.07) is 21.3. The maximum absolute atomic E-state index is 14.0. The third kappa shape index (κ3) is 6.22. The standard InChI is InChI=1S/C34H29F3N4O3/c1-4-13-39-32(42)30-16-24-15-26(11-12-29(24)40-30)44-25-9-7-22(8-10-25)31-17-28(34(35,36)37)27(18-38)33(43)41(31)19-23-6-5-20(2)14-21(23)3/h5-12,14-17,40H,4,13,19H2,1-3H3,(H,39,42). The Morgan fingerprint density at radius 3 is 2.39 bits per heavy atom. The van der Waals surface area contributed by atoms with E-state index < -0.39 is 22.9 Å². The summed E-state index contributed by atoms with van der Waals surface area (Å²) in [5.41, 5.74) is 0.949. The van der Waals surface area contributed by atoms with Crippen LogP contribution in [-0.2, 0) is 12.7 Å². The minimum absolute atomic E-state index is 0.0134. The van der Waals surface area contributed by atoms with E-state index in [1.165, 1.54) is 10.6 Å². The van der Waals surface area contributed by atoms with E-state index in [1.54, 1.807) is 48.5 Å². The number of alkyl halides is 3. The molecule has 7 nitrogen and oxygen atoms in total. The number of fused-ring (bicyclic) bond motifs is 1. The summed E-state index contributed by atoms with van der Waals surface area (Å²) in [6.07, 6.45) is -4.07. The van der Waals surface area contributed by atoms with E-state index in [4.69, 9.17) is 4.74 Å². The van der Waals surface area contributed by atoms with E-state index >= 15 is 0 Å². The number of aryl methyl sites for hydroxylation is 2.